The van der Waals surface area contributed by atoms with Crippen molar-refractivity contribution in [3.63, 3.8) is 0 Å². The lowest BCUT2D eigenvalue weighted by Gasteiger charge is -1.99. The van der Waals surface area contributed by atoms with Crippen LogP contribution in [0.3, 0.4) is 0 Å². The first-order valence-electron chi connectivity index (χ1n) is 4.03. The minimum Gasteiger partial charge on any atom is -0.423 e. The number of nitrogens with zero attached hydrogens (tertiary/aromatic N) is 3. The van der Waals surface area contributed by atoms with Crippen LogP contribution in [0.4, 0.5) is 4.39 Å². The molecule has 1 aromatic carbocycles. The van der Waals surface area contributed by atoms with Crippen molar-refractivity contribution in [2.24, 2.45) is 7.05 Å². The number of hydrogen-bond acceptors (Lipinski definition) is 3. The van der Waals surface area contributed by atoms with Crippen LogP contribution >= 0.6 is 0 Å². The zero-order chi connectivity index (χ0) is 9.97. The van der Waals surface area contributed by atoms with E-state index in [4.69, 9.17) is 4.74 Å². The molecule has 0 amide bonds. The van der Waals surface area contributed by atoms with E-state index in [9.17, 15) is 4.39 Å². The van der Waals surface area contributed by atoms with Gasteiger partial charge in [-0.05, 0) is 12.1 Å². The smallest absolute Gasteiger partial charge is 0.340 e. The first-order valence-corrected chi connectivity index (χ1v) is 4.03. The predicted octanol–water partition coefficient (Wildman–Crippen LogP) is 1.75. The Morgan fingerprint density at radius 2 is 2.29 bits per heavy atom. The first kappa shape index (κ1) is 8.68. The molecule has 0 radical (unpaired) electrons. The maximum Gasteiger partial charge on any atom is 0.340 e. The fourth-order valence-electron chi connectivity index (χ4n) is 1.00. The van der Waals surface area contributed by atoms with Crippen molar-refractivity contribution in [1.29, 1.82) is 0 Å². The van der Waals surface area contributed by atoms with Crippen molar-refractivity contribution in [3.05, 3.63) is 36.4 Å². The van der Waals surface area contributed by atoms with Gasteiger partial charge in [0.2, 0.25) is 0 Å². The van der Waals surface area contributed by atoms with Crippen LogP contribution in [0.15, 0.2) is 30.6 Å². The molecule has 2 aromatic rings. The molecule has 0 aliphatic carbocycles. The van der Waals surface area contributed by atoms with Crippen LogP contribution in [0.1, 0.15) is 0 Å². The Kier molecular flexibility index (Phi) is 2.14. The van der Waals surface area contributed by atoms with E-state index in [1.807, 2.05) is 0 Å². The van der Waals surface area contributed by atoms with E-state index in [1.54, 1.807) is 19.2 Å². The van der Waals surface area contributed by atoms with Crippen LogP contribution in [0, 0.1) is 5.82 Å². The fraction of sp³-hybridized carbons (Fsp3) is 0.111. The van der Waals surface area contributed by atoms with Gasteiger partial charge in [0.1, 0.15) is 17.9 Å². The molecular weight excluding hydrogens is 185 g/mol. The van der Waals surface area contributed by atoms with Crippen LogP contribution in [0.2, 0.25) is 0 Å². The third kappa shape index (κ3) is 1.87. The molecule has 0 spiro atoms. The number of benzene rings is 1. The topological polar surface area (TPSA) is 39.9 Å². The quantitative estimate of drug-likeness (QED) is 0.729. The van der Waals surface area contributed by atoms with Gasteiger partial charge in [-0.15, -0.1) is 5.10 Å². The van der Waals surface area contributed by atoms with Crippen molar-refractivity contribution in [2.45, 2.75) is 0 Å². The second kappa shape index (κ2) is 3.45. The molecule has 4 nitrogen and oxygen atoms in total. The molecule has 0 saturated carbocycles. The molecule has 0 fully saturated rings. The second-order valence-corrected chi connectivity index (χ2v) is 2.76. The molecule has 1 heterocycles. The van der Waals surface area contributed by atoms with Crippen LogP contribution in [0.5, 0.6) is 11.8 Å². The highest BCUT2D eigenvalue weighted by Gasteiger charge is 2.01. The Bertz CT molecular complexity index is 441. The number of rotatable bonds is 2. The average molecular weight is 193 g/mol. The van der Waals surface area contributed by atoms with E-state index in [-0.39, 0.29) is 11.8 Å². The van der Waals surface area contributed by atoms with Gasteiger partial charge in [-0.2, -0.15) is 4.98 Å². The molecule has 5 heteroatoms. The summed E-state index contributed by atoms with van der Waals surface area (Å²) in [6.45, 7) is 0. The lowest BCUT2D eigenvalue weighted by molar-refractivity contribution is 0.435. The summed E-state index contributed by atoms with van der Waals surface area (Å²) in [5.74, 6) is 0.0367. The van der Waals surface area contributed by atoms with Gasteiger partial charge >= 0.3 is 6.01 Å². The molecule has 0 atom stereocenters. The van der Waals surface area contributed by atoms with Crippen LogP contribution in [-0.2, 0) is 7.05 Å². The van der Waals surface area contributed by atoms with Crippen molar-refractivity contribution in [2.75, 3.05) is 0 Å². The van der Waals surface area contributed by atoms with Gasteiger partial charge < -0.3 is 4.74 Å². The minimum atomic E-state index is -0.349. The third-order valence-corrected chi connectivity index (χ3v) is 1.58. The lowest BCUT2D eigenvalue weighted by atomic mass is 10.3. The molecule has 72 valence electrons. The molecule has 0 aliphatic rings. The third-order valence-electron chi connectivity index (χ3n) is 1.58. The Morgan fingerprint density at radius 1 is 1.43 bits per heavy atom. The number of aryl methyl sites for hydroxylation is 1. The van der Waals surface area contributed by atoms with Crippen molar-refractivity contribution < 1.29 is 9.13 Å². The maximum atomic E-state index is 12.7. The SMILES string of the molecule is Cn1cnc(Oc2cccc(F)c2)n1. The molecule has 14 heavy (non-hydrogen) atoms. The van der Waals surface area contributed by atoms with Gasteiger partial charge in [0.05, 0.1) is 0 Å². The van der Waals surface area contributed by atoms with Gasteiger partial charge in [0.25, 0.3) is 0 Å². The number of halogens is 1. The molecule has 2 rings (SSSR count). The highest BCUT2D eigenvalue weighted by Crippen LogP contribution is 2.17. The molecule has 0 N–H and O–H groups in total. The van der Waals surface area contributed by atoms with Crippen molar-refractivity contribution >= 4 is 0 Å². The first-order chi connectivity index (χ1) is 6.74. The number of hydrogen-bond donors (Lipinski definition) is 0. The maximum absolute atomic E-state index is 12.7. The zero-order valence-electron chi connectivity index (χ0n) is 7.51. The Morgan fingerprint density at radius 3 is 2.93 bits per heavy atom. The van der Waals surface area contributed by atoms with E-state index < -0.39 is 0 Å². The predicted molar refractivity (Wildman–Crippen MR) is 47.5 cm³/mol. The Balaban J connectivity index is 2.18. The van der Waals surface area contributed by atoms with E-state index in [1.165, 1.54) is 23.1 Å². The minimum absolute atomic E-state index is 0.207. The summed E-state index contributed by atoms with van der Waals surface area (Å²) in [7, 11) is 1.73. The van der Waals surface area contributed by atoms with Gasteiger partial charge in [-0.3, -0.25) is 4.68 Å². The second-order valence-electron chi connectivity index (χ2n) is 2.76. The summed E-state index contributed by atoms with van der Waals surface area (Å²) in [6.07, 6.45) is 1.51. The molecule has 0 bridgehead atoms. The fourth-order valence-corrected chi connectivity index (χ4v) is 1.00. The normalized spacial score (nSPS) is 10.1. The summed E-state index contributed by atoms with van der Waals surface area (Å²) < 4.78 is 19.5. The number of aromatic nitrogens is 3. The molecule has 0 unspecified atom stereocenters. The molecular formula is C9H8FN3O. The van der Waals surface area contributed by atoms with Crippen LogP contribution < -0.4 is 4.74 Å². The number of ether oxygens (including phenoxy) is 1. The van der Waals surface area contributed by atoms with Gasteiger partial charge in [0.15, 0.2) is 0 Å². The molecule has 0 aliphatic heterocycles. The van der Waals surface area contributed by atoms with Gasteiger partial charge in [0, 0.05) is 13.1 Å². The largest absolute Gasteiger partial charge is 0.423 e. The monoisotopic (exact) mass is 193 g/mol. The van der Waals surface area contributed by atoms with E-state index in [0.717, 1.165) is 0 Å². The lowest BCUT2D eigenvalue weighted by Crippen LogP contribution is -1.90. The van der Waals surface area contributed by atoms with E-state index in [2.05, 4.69) is 10.1 Å². The zero-order valence-corrected chi connectivity index (χ0v) is 7.51. The summed E-state index contributed by atoms with van der Waals surface area (Å²) in [5.41, 5.74) is 0. The summed E-state index contributed by atoms with van der Waals surface area (Å²) in [6, 6.07) is 6.03. The van der Waals surface area contributed by atoms with Gasteiger partial charge in [-0.25, -0.2) is 4.39 Å². The Labute approximate surface area is 80.0 Å². The van der Waals surface area contributed by atoms with Crippen LogP contribution in [-0.4, -0.2) is 14.8 Å². The van der Waals surface area contributed by atoms with Crippen LogP contribution in [0.25, 0.3) is 0 Å². The van der Waals surface area contributed by atoms with E-state index in [0.29, 0.717) is 5.75 Å². The highest BCUT2D eigenvalue weighted by atomic mass is 19.1. The standard InChI is InChI=1S/C9H8FN3O/c1-13-6-11-9(12-13)14-8-4-2-3-7(10)5-8/h2-6H,1H3. The average Bonchev–Trinajstić information content (AvgIpc) is 2.51. The highest BCUT2D eigenvalue weighted by molar-refractivity contribution is 5.24. The summed E-state index contributed by atoms with van der Waals surface area (Å²) in [4.78, 5) is 3.85. The molecule has 0 saturated heterocycles. The van der Waals surface area contributed by atoms with Gasteiger partial charge in [-0.1, -0.05) is 6.07 Å². The molecule has 1 aromatic heterocycles. The van der Waals surface area contributed by atoms with Crippen molar-refractivity contribution in [1.82, 2.24) is 14.8 Å². The summed E-state index contributed by atoms with van der Waals surface area (Å²) in [5, 5.41) is 3.90. The Hall–Kier alpha value is -1.91. The van der Waals surface area contributed by atoms with E-state index >= 15 is 0 Å². The van der Waals surface area contributed by atoms with Crippen molar-refractivity contribution in [3.8, 4) is 11.8 Å². The summed E-state index contributed by atoms with van der Waals surface area (Å²) >= 11 is 0.